The van der Waals surface area contributed by atoms with E-state index in [1.807, 2.05) is 11.0 Å². The van der Waals surface area contributed by atoms with Gasteiger partial charge in [0.25, 0.3) is 0 Å². The molecule has 30 heavy (non-hydrogen) atoms. The Morgan fingerprint density at radius 1 is 1.10 bits per heavy atom. The monoisotopic (exact) mass is 445 g/mol. The molecule has 0 atom stereocenters. The molecule has 0 amide bonds. The van der Waals surface area contributed by atoms with Gasteiger partial charge in [0.1, 0.15) is 17.7 Å². The molecule has 5 nitrogen and oxygen atoms in total. The summed E-state index contributed by atoms with van der Waals surface area (Å²) in [5.41, 5.74) is 0.999. The third kappa shape index (κ3) is 3.93. The van der Waals surface area contributed by atoms with E-state index in [0.717, 1.165) is 6.07 Å². The van der Waals surface area contributed by atoms with Crippen LogP contribution in [-0.4, -0.2) is 31.7 Å². The Kier molecular flexibility index (Phi) is 5.54. The number of hydrogen-bond donors (Lipinski definition) is 0. The van der Waals surface area contributed by atoms with E-state index in [-0.39, 0.29) is 10.5 Å². The molecule has 4 rings (SSSR count). The van der Waals surface area contributed by atoms with E-state index in [9.17, 15) is 22.5 Å². The summed E-state index contributed by atoms with van der Waals surface area (Å²) in [4.78, 5) is 6.54. The molecule has 0 aliphatic carbocycles. The number of hydrogen-bond acceptors (Lipinski definition) is 6. The van der Waals surface area contributed by atoms with Crippen LogP contribution in [0.1, 0.15) is 18.4 Å². The first kappa shape index (κ1) is 20.4. The van der Waals surface area contributed by atoms with Gasteiger partial charge in [-0.25, -0.2) is 22.2 Å². The molecule has 3 aromatic rings. The second-order valence-electron chi connectivity index (χ2n) is 7.01. The Morgan fingerprint density at radius 2 is 1.77 bits per heavy atom. The molecule has 0 bridgehead atoms. The number of nitrogens with zero attached hydrogens (tertiary/aromatic N) is 3. The standard InChI is InChI=1S/C21H17F2N3O2S2/c22-16-9-15(10-17(23)11-16)19-13-29-21(25-19)26-7-5-18(6-8-26)30(27,28)20-4-2-1-3-14(20)12-24/h1-4,9-11,13,18H,5-8H2. The Morgan fingerprint density at radius 3 is 2.43 bits per heavy atom. The minimum absolute atomic E-state index is 0.0793. The van der Waals surface area contributed by atoms with Crippen molar-refractivity contribution in [1.82, 2.24) is 4.98 Å². The highest BCUT2D eigenvalue weighted by Crippen LogP contribution is 2.32. The summed E-state index contributed by atoms with van der Waals surface area (Å²) in [7, 11) is -3.61. The number of thiazole rings is 1. The highest BCUT2D eigenvalue weighted by molar-refractivity contribution is 7.92. The maximum atomic E-state index is 13.5. The zero-order valence-corrected chi connectivity index (χ0v) is 17.4. The van der Waals surface area contributed by atoms with Crippen LogP contribution in [0, 0.1) is 23.0 Å². The fraction of sp³-hybridized carbons (Fsp3) is 0.238. The van der Waals surface area contributed by atoms with Crippen LogP contribution in [0.25, 0.3) is 11.3 Å². The van der Waals surface area contributed by atoms with Gasteiger partial charge < -0.3 is 4.90 Å². The van der Waals surface area contributed by atoms with Crippen molar-refractivity contribution in [2.45, 2.75) is 23.0 Å². The molecular formula is C21H17F2N3O2S2. The highest BCUT2D eigenvalue weighted by atomic mass is 32.2. The predicted octanol–water partition coefficient (Wildman–Crippen LogP) is 4.40. The van der Waals surface area contributed by atoms with Crippen molar-refractivity contribution in [3.63, 3.8) is 0 Å². The molecule has 1 aliphatic heterocycles. The molecule has 1 fully saturated rings. The first-order chi connectivity index (χ1) is 14.4. The maximum Gasteiger partial charge on any atom is 0.185 e. The summed E-state index contributed by atoms with van der Waals surface area (Å²) >= 11 is 1.35. The van der Waals surface area contributed by atoms with Crippen molar-refractivity contribution in [2.75, 3.05) is 18.0 Å². The number of sulfone groups is 1. The van der Waals surface area contributed by atoms with Crippen LogP contribution in [-0.2, 0) is 9.84 Å². The summed E-state index contributed by atoms with van der Waals surface area (Å²) < 4.78 is 53.0. The van der Waals surface area contributed by atoms with E-state index in [4.69, 9.17) is 0 Å². The Hall–Kier alpha value is -2.83. The largest absolute Gasteiger partial charge is 0.348 e. The quantitative estimate of drug-likeness (QED) is 0.595. The van der Waals surface area contributed by atoms with Crippen LogP contribution in [0.2, 0.25) is 0 Å². The minimum atomic E-state index is -3.61. The molecule has 1 saturated heterocycles. The summed E-state index contributed by atoms with van der Waals surface area (Å²) in [6.45, 7) is 0.978. The zero-order chi connectivity index (χ0) is 21.3. The number of anilines is 1. The summed E-state index contributed by atoms with van der Waals surface area (Å²) in [5, 5.41) is 11.1. The smallest absolute Gasteiger partial charge is 0.185 e. The number of benzene rings is 2. The van der Waals surface area contributed by atoms with E-state index >= 15 is 0 Å². The van der Waals surface area contributed by atoms with Crippen molar-refractivity contribution in [3.05, 3.63) is 65.0 Å². The first-order valence-electron chi connectivity index (χ1n) is 9.28. The molecule has 0 saturated carbocycles. The SMILES string of the molecule is N#Cc1ccccc1S(=O)(=O)C1CCN(c2nc(-c3cc(F)cc(F)c3)cs2)CC1. The van der Waals surface area contributed by atoms with Crippen molar-refractivity contribution in [3.8, 4) is 17.3 Å². The topological polar surface area (TPSA) is 74.1 Å². The number of aromatic nitrogens is 1. The van der Waals surface area contributed by atoms with E-state index in [2.05, 4.69) is 4.98 Å². The Bertz CT molecular complexity index is 1210. The Labute approximate surface area is 177 Å². The normalized spacial score (nSPS) is 15.2. The molecular weight excluding hydrogens is 428 g/mol. The fourth-order valence-corrected chi connectivity index (χ4v) is 6.36. The van der Waals surface area contributed by atoms with Gasteiger partial charge in [-0.1, -0.05) is 12.1 Å². The minimum Gasteiger partial charge on any atom is -0.348 e. The second-order valence-corrected chi connectivity index (χ2v) is 10.0. The van der Waals surface area contributed by atoms with Crippen LogP contribution < -0.4 is 4.90 Å². The van der Waals surface area contributed by atoms with Crippen LogP contribution in [0.5, 0.6) is 0 Å². The Balaban J connectivity index is 1.49. The van der Waals surface area contributed by atoms with Crippen molar-refractivity contribution in [2.24, 2.45) is 0 Å². The summed E-state index contributed by atoms with van der Waals surface area (Å²) in [6, 6.07) is 11.5. The number of halogens is 2. The van der Waals surface area contributed by atoms with Gasteiger partial charge in [0, 0.05) is 30.1 Å². The van der Waals surface area contributed by atoms with Crippen LogP contribution in [0.3, 0.4) is 0 Å². The van der Waals surface area contributed by atoms with Crippen LogP contribution in [0.15, 0.2) is 52.7 Å². The molecule has 1 aliphatic rings. The zero-order valence-electron chi connectivity index (χ0n) is 15.8. The number of piperidine rings is 1. The first-order valence-corrected chi connectivity index (χ1v) is 11.7. The van der Waals surface area contributed by atoms with Crippen molar-refractivity contribution in [1.29, 1.82) is 5.26 Å². The van der Waals surface area contributed by atoms with Gasteiger partial charge in [0.15, 0.2) is 15.0 Å². The lowest BCUT2D eigenvalue weighted by Crippen LogP contribution is -2.39. The van der Waals surface area contributed by atoms with Gasteiger partial charge in [-0.15, -0.1) is 11.3 Å². The van der Waals surface area contributed by atoms with Crippen molar-refractivity contribution >= 4 is 26.3 Å². The number of nitriles is 1. The molecule has 0 N–H and O–H groups in total. The second kappa shape index (κ2) is 8.13. The molecule has 1 aromatic heterocycles. The average Bonchev–Trinajstić information content (AvgIpc) is 3.23. The average molecular weight is 446 g/mol. The van der Waals surface area contributed by atoms with E-state index in [1.54, 1.807) is 17.5 Å². The summed E-state index contributed by atoms with van der Waals surface area (Å²) in [5.74, 6) is -1.33. The van der Waals surface area contributed by atoms with Gasteiger partial charge >= 0.3 is 0 Å². The third-order valence-electron chi connectivity index (χ3n) is 5.12. The van der Waals surface area contributed by atoms with Gasteiger partial charge in [0.2, 0.25) is 0 Å². The molecule has 0 radical (unpaired) electrons. The molecule has 0 spiro atoms. The summed E-state index contributed by atoms with van der Waals surface area (Å²) in [6.07, 6.45) is 0.817. The van der Waals surface area contributed by atoms with Gasteiger partial charge in [-0.3, -0.25) is 0 Å². The van der Waals surface area contributed by atoms with Crippen molar-refractivity contribution < 1.29 is 17.2 Å². The fourth-order valence-electron chi connectivity index (χ4n) is 3.59. The van der Waals surface area contributed by atoms with E-state index < -0.39 is 26.7 Å². The van der Waals surface area contributed by atoms with Gasteiger partial charge in [-0.05, 0) is 37.1 Å². The molecule has 0 unspecified atom stereocenters. The third-order valence-corrected chi connectivity index (χ3v) is 8.34. The maximum absolute atomic E-state index is 13.5. The predicted molar refractivity (Wildman–Crippen MR) is 111 cm³/mol. The van der Waals surface area contributed by atoms with Gasteiger partial charge in [0.05, 0.1) is 21.4 Å². The molecule has 154 valence electrons. The van der Waals surface area contributed by atoms with Crippen LogP contribution in [0.4, 0.5) is 13.9 Å². The number of rotatable bonds is 4. The lowest BCUT2D eigenvalue weighted by atomic mass is 10.1. The molecule has 2 heterocycles. The molecule has 9 heteroatoms. The lowest BCUT2D eigenvalue weighted by molar-refractivity contribution is 0.529. The van der Waals surface area contributed by atoms with E-state index in [1.165, 1.54) is 35.6 Å². The van der Waals surface area contributed by atoms with E-state index in [0.29, 0.717) is 42.3 Å². The van der Waals surface area contributed by atoms with Crippen LogP contribution >= 0.6 is 11.3 Å². The molecule has 2 aromatic carbocycles. The highest BCUT2D eigenvalue weighted by Gasteiger charge is 2.33. The lowest BCUT2D eigenvalue weighted by Gasteiger charge is -2.31. The van der Waals surface area contributed by atoms with Gasteiger partial charge in [-0.2, -0.15) is 5.26 Å².